The van der Waals surface area contributed by atoms with Gasteiger partial charge in [0.1, 0.15) is 29.7 Å². The molecule has 0 unspecified atom stereocenters. The molecule has 0 saturated heterocycles. The van der Waals surface area contributed by atoms with Crippen molar-refractivity contribution in [3.05, 3.63) is 59.2 Å². The third-order valence-electron chi connectivity index (χ3n) is 3.62. The molecule has 0 aliphatic carbocycles. The van der Waals surface area contributed by atoms with Crippen LogP contribution in [0, 0.1) is 6.92 Å². The fourth-order valence-electron chi connectivity index (χ4n) is 2.42. The molecular formula is C19H23NO2S. The highest BCUT2D eigenvalue weighted by Gasteiger charge is 2.05. The first kappa shape index (κ1) is 17.3. The summed E-state index contributed by atoms with van der Waals surface area (Å²) in [5, 5.41) is 0. The van der Waals surface area contributed by atoms with Gasteiger partial charge in [0.2, 0.25) is 0 Å². The molecule has 0 spiro atoms. The van der Waals surface area contributed by atoms with E-state index in [9.17, 15) is 0 Å². The number of thiocarbonyl (C=S) groups is 1. The molecule has 23 heavy (non-hydrogen) atoms. The van der Waals surface area contributed by atoms with E-state index in [0.29, 0.717) is 24.1 Å². The number of aryl methyl sites for hydroxylation is 1. The van der Waals surface area contributed by atoms with Gasteiger partial charge in [0.15, 0.2) is 0 Å². The molecule has 3 nitrogen and oxygen atoms in total. The van der Waals surface area contributed by atoms with Gasteiger partial charge in [0.05, 0.1) is 0 Å². The van der Waals surface area contributed by atoms with Crippen LogP contribution in [0.4, 0.5) is 0 Å². The molecule has 0 radical (unpaired) electrons. The molecule has 0 aliphatic rings. The van der Waals surface area contributed by atoms with Crippen LogP contribution >= 0.6 is 12.2 Å². The predicted octanol–water partition coefficient (Wildman–Crippen LogP) is 4.21. The minimum absolute atomic E-state index is 0.389. The number of hydrogen-bond acceptors (Lipinski definition) is 3. The molecule has 2 rings (SSSR count). The minimum Gasteiger partial charge on any atom is -0.490 e. The van der Waals surface area contributed by atoms with Gasteiger partial charge in [-0.3, -0.25) is 0 Å². The average Bonchev–Trinajstić information content (AvgIpc) is 2.51. The molecule has 0 aromatic heterocycles. The van der Waals surface area contributed by atoms with Gasteiger partial charge in [-0.15, -0.1) is 0 Å². The van der Waals surface area contributed by atoms with Gasteiger partial charge in [0.25, 0.3) is 0 Å². The van der Waals surface area contributed by atoms with Crippen molar-refractivity contribution < 1.29 is 9.47 Å². The number of nitrogens with two attached hydrogens (primary N) is 1. The van der Waals surface area contributed by atoms with Crippen molar-refractivity contribution in [1.82, 2.24) is 0 Å². The van der Waals surface area contributed by atoms with Crippen molar-refractivity contribution >= 4 is 17.2 Å². The lowest BCUT2D eigenvalue weighted by molar-refractivity contribution is 0.217. The molecule has 0 aliphatic heterocycles. The maximum Gasteiger partial charge on any atom is 0.122 e. The summed E-state index contributed by atoms with van der Waals surface area (Å²) in [7, 11) is 0. The Balaban J connectivity index is 1.81. The Hall–Kier alpha value is -2.07. The van der Waals surface area contributed by atoms with Crippen molar-refractivity contribution in [1.29, 1.82) is 0 Å². The molecule has 0 heterocycles. The highest BCUT2D eigenvalue weighted by Crippen LogP contribution is 2.23. The summed E-state index contributed by atoms with van der Waals surface area (Å²) in [4.78, 5) is 0.389. The summed E-state index contributed by atoms with van der Waals surface area (Å²) in [5.41, 5.74) is 9.01. The van der Waals surface area contributed by atoms with Crippen LogP contribution in [0.5, 0.6) is 11.5 Å². The van der Waals surface area contributed by atoms with Gasteiger partial charge < -0.3 is 15.2 Å². The zero-order valence-electron chi connectivity index (χ0n) is 13.8. The van der Waals surface area contributed by atoms with Crippen molar-refractivity contribution in [2.24, 2.45) is 5.73 Å². The summed E-state index contributed by atoms with van der Waals surface area (Å²) in [6.07, 6.45) is 0. The van der Waals surface area contributed by atoms with Gasteiger partial charge in [-0.05, 0) is 60.4 Å². The fourth-order valence-corrected chi connectivity index (χ4v) is 2.56. The van der Waals surface area contributed by atoms with Crippen LogP contribution in [0.1, 0.15) is 36.5 Å². The number of benzene rings is 2. The Morgan fingerprint density at radius 3 is 2.09 bits per heavy atom. The van der Waals surface area contributed by atoms with Crippen LogP contribution in [0.2, 0.25) is 0 Å². The van der Waals surface area contributed by atoms with Crippen LogP contribution in [0.25, 0.3) is 0 Å². The fraction of sp³-hybridized carbons (Fsp3) is 0.316. The predicted molar refractivity (Wildman–Crippen MR) is 98.6 cm³/mol. The lowest BCUT2D eigenvalue weighted by atomic mass is 9.98. The van der Waals surface area contributed by atoms with Gasteiger partial charge in [-0.2, -0.15) is 0 Å². The molecule has 0 fully saturated rings. The highest BCUT2D eigenvalue weighted by molar-refractivity contribution is 7.80. The molecule has 0 amide bonds. The van der Waals surface area contributed by atoms with E-state index in [0.717, 1.165) is 17.1 Å². The van der Waals surface area contributed by atoms with Crippen LogP contribution in [0.15, 0.2) is 42.5 Å². The summed E-state index contributed by atoms with van der Waals surface area (Å²) >= 11 is 4.92. The molecule has 2 aromatic carbocycles. The monoisotopic (exact) mass is 329 g/mol. The third-order valence-corrected chi connectivity index (χ3v) is 3.86. The molecule has 2 aromatic rings. The third kappa shape index (κ3) is 4.96. The second-order valence-corrected chi connectivity index (χ2v) is 6.20. The maximum atomic E-state index is 5.74. The lowest BCUT2D eigenvalue weighted by Crippen LogP contribution is -2.10. The van der Waals surface area contributed by atoms with E-state index in [1.807, 2.05) is 30.3 Å². The van der Waals surface area contributed by atoms with E-state index in [4.69, 9.17) is 27.4 Å². The topological polar surface area (TPSA) is 44.5 Å². The van der Waals surface area contributed by atoms with Crippen molar-refractivity contribution in [2.45, 2.75) is 26.7 Å². The van der Waals surface area contributed by atoms with Crippen LogP contribution in [-0.2, 0) is 0 Å². The average molecular weight is 329 g/mol. The van der Waals surface area contributed by atoms with E-state index in [2.05, 4.69) is 32.9 Å². The largest absolute Gasteiger partial charge is 0.490 e. The maximum absolute atomic E-state index is 5.74. The van der Waals surface area contributed by atoms with E-state index in [1.165, 1.54) is 11.1 Å². The zero-order chi connectivity index (χ0) is 16.8. The van der Waals surface area contributed by atoms with Crippen LogP contribution < -0.4 is 15.2 Å². The first-order valence-corrected chi connectivity index (χ1v) is 8.14. The standard InChI is InChI=1S/C19H23NO2S/c1-13(2)18-9-8-17(12-14(18)3)22-11-10-21-16-6-4-15(5-7-16)19(20)23/h4-9,12-13H,10-11H2,1-3H3,(H2,20,23). The highest BCUT2D eigenvalue weighted by atomic mass is 32.1. The minimum atomic E-state index is 0.389. The summed E-state index contributed by atoms with van der Waals surface area (Å²) in [5.74, 6) is 2.18. The van der Waals surface area contributed by atoms with Gasteiger partial charge >= 0.3 is 0 Å². The molecule has 0 atom stereocenters. The molecular weight excluding hydrogens is 306 g/mol. The first-order chi connectivity index (χ1) is 11.0. The number of hydrogen-bond donors (Lipinski definition) is 1. The van der Waals surface area contributed by atoms with E-state index < -0.39 is 0 Å². The van der Waals surface area contributed by atoms with E-state index in [1.54, 1.807) is 0 Å². The molecule has 0 bridgehead atoms. The SMILES string of the molecule is Cc1cc(OCCOc2ccc(C(N)=S)cc2)ccc1C(C)C. The lowest BCUT2D eigenvalue weighted by Gasteiger charge is -2.13. The molecule has 2 N–H and O–H groups in total. The van der Waals surface area contributed by atoms with Crippen LogP contribution in [-0.4, -0.2) is 18.2 Å². The Bertz CT molecular complexity index is 666. The molecule has 4 heteroatoms. The quantitative estimate of drug-likeness (QED) is 0.610. The van der Waals surface area contributed by atoms with Crippen molar-refractivity contribution in [3.8, 4) is 11.5 Å². The second-order valence-electron chi connectivity index (χ2n) is 5.76. The first-order valence-electron chi connectivity index (χ1n) is 7.73. The zero-order valence-corrected chi connectivity index (χ0v) is 14.7. The Kier molecular flexibility index (Phi) is 5.99. The summed E-state index contributed by atoms with van der Waals surface area (Å²) < 4.78 is 11.4. The number of rotatable bonds is 7. The van der Waals surface area contributed by atoms with E-state index >= 15 is 0 Å². The molecule has 0 saturated carbocycles. The van der Waals surface area contributed by atoms with Crippen molar-refractivity contribution in [2.75, 3.05) is 13.2 Å². The normalized spacial score (nSPS) is 10.6. The second kappa shape index (κ2) is 7.97. The Morgan fingerprint density at radius 2 is 1.57 bits per heavy atom. The van der Waals surface area contributed by atoms with E-state index in [-0.39, 0.29) is 0 Å². The van der Waals surface area contributed by atoms with Crippen molar-refractivity contribution in [3.63, 3.8) is 0 Å². The summed E-state index contributed by atoms with van der Waals surface area (Å²) in [6, 6.07) is 13.6. The molecule has 122 valence electrons. The Morgan fingerprint density at radius 1 is 1.00 bits per heavy atom. The summed E-state index contributed by atoms with van der Waals surface area (Å²) in [6.45, 7) is 7.48. The van der Waals surface area contributed by atoms with Gasteiger partial charge in [-0.1, -0.05) is 32.1 Å². The van der Waals surface area contributed by atoms with Crippen LogP contribution in [0.3, 0.4) is 0 Å². The smallest absolute Gasteiger partial charge is 0.122 e. The van der Waals surface area contributed by atoms with Gasteiger partial charge in [-0.25, -0.2) is 0 Å². The van der Waals surface area contributed by atoms with Gasteiger partial charge in [0, 0.05) is 5.56 Å². The number of ether oxygens (including phenoxy) is 2. The Labute approximate surface area is 143 Å².